The number of piperidine rings is 2. The van der Waals surface area contributed by atoms with E-state index < -0.39 is 0 Å². The van der Waals surface area contributed by atoms with E-state index in [1.54, 1.807) is 0 Å². The molecule has 0 aliphatic carbocycles. The molecule has 2 aliphatic heterocycles. The molecule has 2 fully saturated rings. The van der Waals surface area contributed by atoms with Crippen LogP contribution in [-0.2, 0) is 0 Å². The monoisotopic (exact) mass is 210 g/mol. The Bertz CT molecular complexity index is 205. The molecule has 2 aliphatic rings. The molecule has 2 heteroatoms. The largest absolute Gasteiger partial charge is 0.315 e. The zero-order chi connectivity index (χ0) is 10.8. The van der Waals surface area contributed by atoms with Crippen LogP contribution in [-0.4, -0.2) is 36.6 Å². The fraction of sp³-hybridized carbons (Fsp3) is 1.00. The Balaban J connectivity index is 1.91. The summed E-state index contributed by atoms with van der Waals surface area (Å²) in [6.45, 7) is 10.9. The SMILES string of the molecule is CC1CCN(C2CNCC(C)C2)C(C)C1. The topological polar surface area (TPSA) is 15.3 Å². The number of nitrogens with one attached hydrogen (secondary N) is 1. The fourth-order valence-electron chi connectivity index (χ4n) is 3.35. The van der Waals surface area contributed by atoms with Crippen molar-refractivity contribution < 1.29 is 0 Å². The Hall–Kier alpha value is -0.0800. The molecule has 88 valence electrons. The van der Waals surface area contributed by atoms with Gasteiger partial charge in [0, 0.05) is 18.6 Å². The summed E-state index contributed by atoms with van der Waals surface area (Å²) in [4.78, 5) is 2.75. The number of rotatable bonds is 1. The summed E-state index contributed by atoms with van der Waals surface area (Å²) in [6.07, 6.45) is 4.19. The van der Waals surface area contributed by atoms with Gasteiger partial charge in [-0.25, -0.2) is 0 Å². The smallest absolute Gasteiger partial charge is 0.0226 e. The van der Waals surface area contributed by atoms with E-state index >= 15 is 0 Å². The van der Waals surface area contributed by atoms with Crippen LogP contribution >= 0.6 is 0 Å². The molecule has 0 aromatic heterocycles. The summed E-state index contributed by atoms with van der Waals surface area (Å²) in [5, 5.41) is 3.57. The van der Waals surface area contributed by atoms with E-state index in [2.05, 4.69) is 31.0 Å². The van der Waals surface area contributed by atoms with E-state index in [4.69, 9.17) is 0 Å². The van der Waals surface area contributed by atoms with Crippen LogP contribution < -0.4 is 5.32 Å². The average Bonchev–Trinajstić information content (AvgIpc) is 2.17. The van der Waals surface area contributed by atoms with Gasteiger partial charge in [0.2, 0.25) is 0 Å². The molecule has 0 amide bonds. The molecule has 2 heterocycles. The molecule has 2 saturated heterocycles. The Morgan fingerprint density at radius 2 is 1.80 bits per heavy atom. The van der Waals surface area contributed by atoms with E-state index in [1.165, 1.54) is 38.9 Å². The minimum atomic E-state index is 0.797. The lowest BCUT2D eigenvalue weighted by molar-refractivity contribution is 0.0590. The minimum Gasteiger partial charge on any atom is -0.315 e. The summed E-state index contributed by atoms with van der Waals surface area (Å²) < 4.78 is 0. The number of hydrogen-bond donors (Lipinski definition) is 1. The van der Waals surface area contributed by atoms with Crippen LogP contribution in [0.15, 0.2) is 0 Å². The normalized spacial score (nSPS) is 44.2. The van der Waals surface area contributed by atoms with Crippen molar-refractivity contribution in [2.24, 2.45) is 11.8 Å². The number of nitrogens with zero attached hydrogens (tertiary/aromatic N) is 1. The molecule has 0 aromatic rings. The molecule has 2 rings (SSSR count). The molecule has 0 radical (unpaired) electrons. The maximum atomic E-state index is 3.57. The van der Waals surface area contributed by atoms with Crippen LogP contribution in [0.3, 0.4) is 0 Å². The Kier molecular flexibility index (Phi) is 3.68. The summed E-state index contributed by atoms with van der Waals surface area (Å²) in [6, 6.07) is 1.60. The van der Waals surface area contributed by atoms with Crippen LogP contribution in [0.2, 0.25) is 0 Å². The van der Waals surface area contributed by atoms with Gasteiger partial charge in [-0.2, -0.15) is 0 Å². The minimum absolute atomic E-state index is 0.797. The van der Waals surface area contributed by atoms with Crippen molar-refractivity contribution in [2.75, 3.05) is 19.6 Å². The molecule has 15 heavy (non-hydrogen) atoms. The summed E-state index contributed by atoms with van der Waals surface area (Å²) in [5.74, 6) is 1.79. The van der Waals surface area contributed by atoms with Gasteiger partial charge < -0.3 is 5.32 Å². The second-order valence-corrected chi connectivity index (χ2v) is 5.87. The molecule has 1 N–H and O–H groups in total. The first kappa shape index (κ1) is 11.4. The molecule has 0 spiro atoms. The van der Waals surface area contributed by atoms with Crippen molar-refractivity contribution in [3.8, 4) is 0 Å². The Morgan fingerprint density at radius 3 is 2.47 bits per heavy atom. The predicted octanol–water partition coefficient (Wildman–Crippen LogP) is 2.10. The van der Waals surface area contributed by atoms with Crippen molar-refractivity contribution in [3.05, 3.63) is 0 Å². The third-order valence-electron chi connectivity index (χ3n) is 4.21. The van der Waals surface area contributed by atoms with Crippen LogP contribution in [0.4, 0.5) is 0 Å². The maximum Gasteiger partial charge on any atom is 0.0226 e. The highest BCUT2D eigenvalue weighted by molar-refractivity contribution is 4.87. The third-order valence-corrected chi connectivity index (χ3v) is 4.21. The standard InChI is InChI=1S/C13H26N2/c1-10-4-5-15(12(3)6-10)13-7-11(2)8-14-9-13/h10-14H,4-9H2,1-3H3. The first-order valence-electron chi connectivity index (χ1n) is 6.63. The number of likely N-dealkylation sites (tertiary alicyclic amines) is 1. The molecule has 0 saturated carbocycles. The summed E-state index contributed by atoms with van der Waals surface area (Å²) in [7, 11) is 0. The third kappa shape index (κ3) is 2.73. The molecule has 0 aromatic carbocycles. The van der Waals surface area contributed by atoms with Gasteiger partial charge in [0.15, 0.2) is 0 Å². The highest BCUT2D eigenvalue weighted by Gasteiger charge is 2.30. The van der Waals surface area contributed by atoms with Crippen LogP contribution in [0.5, 0.6) is 0 Å². The van der Waals surface area contributed by atoms with Crippen molar-refractivity contribution in [1.82, 2.24) is 10.2 Å². The molecule has 0 bridgehead atoms. The van der Waals surface area contributed by atoms with Gasteiger partial charge in [-0.3, -0.25) is 4.90 Å². The molecule has 2 nitrogen and oxygen atoms in total. The quantitative estimate of drug-likeness (QED) is 0.713. The first-order valence-corrected chi connectivity index (χ1v) is 6.63. The van der Waals surface area contributed by atoms with Crippen molar-refractivity contribution in [2.45, 2.75) is 52.1 Å². The van der Waals surface area contributed by atoms with Crippen molar-refractivity contribution >= 4 is 0 Å². The van der Waals surface area contributed by atoms with Gasteiger partial charge in [0.25, 0.3) is 0 Å². The zero-order valence-corrected chi connectivity index (χ0v) is 10.5. The molecular formula is C13H26N2. The van der Waals surface area contributed by atoms with Gasteiger partial charge in [0.05, 0.1) is 0 Å². The van der Waals surface area contributed by atoms with Crippen molar-refractivity contribution in [3.63, 3.8) is 0 Å². The maximum absolute atomic E-state index is 3.57. The lowest BCUT2D eigenvalue weighted by atomic mass is 9.89. The summed E-state index contributed by atoms with van der Waals surface area (Å²) >= 11 is 0. The van der Waals surface area contributed by atoms with Crippen molar-refractivity contribution in [1.29, 1.82) is 0 Å². The van der Waals surface area contributed by atoms with E-state index in [1.807, 2.05) is 0 Å². The van der Waals surface area contributed by atoms with Gasteiger partial charge >= 0.3 is 0 Å². The van der Waals surface area contributed by atoms with Gasteiger partial charge in [-0.1, -0.05) is 13.8 Å². The average molecular weight is 210 g/mol. The molecule has 4 unspecified atom stereocenters. The van der Waals surface area contributed by atoms with Crippen LogP contribution in [0.25, 0.3) is 0 Å². The van der Waals surface area contributed by atoms with E-state index in [0.717, 1.165) is 23.9 Å². The first-order chi connectivity index (χ1) is 7.16. The Morgan fingerprint density at radius 1 is 1.00 bits per heavy atom. The zero-order valence-electron chi connectivity index (χ0n) is 10.5. The van der Waals surface area contributed by atoms with Crippen LogP contribution in [0.1, 0.15) is 40.0 Å². The second kappa shape index (κ2) is 4.84. The van der Waals surface area contributed by atoms with E-state index in [0.29, 0.717) is 0 Å². The fourth-order valence-corrected chi connectivity index (χ4v) is 3.35. The summed E-state index contributed by atoms with van der Waals surface area (Å²) in [5.41, 5.74) is 0. The van der Waals surface area contributed by atoms with Crippen LogP contribution in [0, 0.1) is 11.8 Å². The predicted molar refractivity (Wildman–Crippen MR) is 65.0 cm³/mol. The highest BCUT2D eigenvalue weighted by atomic mass is 15.2. The second-order valence-electron chi connectivity index (χ2n) is 5.87. The van der Waals surface area contributed by atoms with Gasteiger partial charge in [0.1, 0.15) is 0 Å². The highest BCUT2D eigenvalue weighted by Crippen LogP contribution is 2.27. The lowest BCUT2D eigenvalue weighted by Crippen LogP contribution is -2.54. The van der Waals surface area contributed by atoms with Gasteiger partial charge in [-0.15, -0.1) is 0 Å². The van der Waals surface area contributed by atoms with Gasteiger partial charge in [-0.05, 0) is 51.1 Å². The molecule has 4 atom stereocenters. The lowest BCUT2D eigenvalue weighted by Gasteiger charge is -2.44. The molecular weight excluding hydrogens is 184 g/mol. The number of hydrogen-bond acceptors (Lipinski definition) is 2. The van der Waals surface area contributed by atoms with E-state index in [9.17, 15) is 0 Å². The van der Waals surface area contributed by atoms with E-state index in [-0.39, 0.29) is 0 Å². The Labute approximate surface area is 94.4 Å².